The molecule has 0 unspecified atom stereocenters. The van der Waals surface area contributed by atoms with Crippen molar-refractivity contribution in [1.82, 2.24) is 14.9 Å². The van der Waals surface area contributed by atoms with Gasteiger partial charge >= 0.3 is 0 Å². The van der Waals surface area contributed by atoms with Crippen molar-refractivity contribution in [2.75, 3.05) is 13.7 Å². The second-order valence-corrected chi connectivity index (χ2v) is 4.20. The SMILES string of the molecule is CCCCOc1ccc(/C=N/n2cnnc2)cc1OC. The lowest BCUT2D eigenvalue weighted by molar-refractivity contribution is 0.288. The molecule has 0 saturated heterocycles. The predicted molar refractivity (Wildman–Crippen MR) is 76.4 cm³/mol. The minimum absolute atomic E-state index is 0.695. The van der Waals surface area contributed by atoms with Gasteiger partial charge in [-0.2, -0.15) is 5.10 Å². The summed E-state index contributed by atoms with van der Waals surface area (Å²) in [5, 5.41) is 11.5. The maximum Gasteiger partial charge on any atom is 0.161 e. The molecule has 0 radical (unpaired) electrons. The Morgan fingerprint density at radius 3 is 2.75 bits per heavy atom. The number of ether oxygens (including phenoxy) is 2. The van der Waals surface area contributed by atoms with Crippen LogP contribution in [0.25, 0.3) is 0 Å². The molecular weight excluding hydrogens is 256 g/mol. The Balaban J connectivity index is 2.08. The predicted octanol–water partition coefficient (Wildman–Crippen LogP) is 2.35. The highest BCUT2D eigenvalue weighted by Gasteiger charge is 2.04. The van der Waals surface area contributed by atoms with E-state index in [0.29, 0.717) is 12.4 Å². The number of unbranched alkanes of at least 4 members (excludes halogenated alkanes) is 1. The molecular formula is C14H18N4O2. The van der Waals surface area contributed by atoms with Gasteiger partial charge in [-0.3, -0.25) is 0 Å². The van der Waals surface area contributed by atoms with Crippen LogP contribution in [0.5, 0.6) is 11.5 Å². The van der Waals surface area contributed by atoms with Crippen LogP contribution in [0.3, 0.4) is 0 Å². The zero-order valence-electron chi connectivity index (χ0n) is 11.7. The summed E-state index contributed by atoms with van der Waals surface area (Å²) in [5.41, 5.74) is 0.915. The van der Waals surface area contributed by atoms with Gasteiger partial charge in [0.05, 0.1) is 19.9 Å². The molecule has 0 bridgehead atoms. The first kappa shape index (κ1) is 14.0. The number of benzene rings is 1. The fraction of sp³-hybridized carbons (Fsp3) is 0.357. The van der Waals surface area contributed by atoms with Crippen molar-refractivity contribution >= 4 is 6.21 Å². The van der Waals surface area contributed by atoms with Crippen molar-refractivity contribution in [1.29, 1.82) is 0 Å². The third-order valence-electron chi connectivity index (χ3n) is 2.69. The molecule has 0 N–H and O–H groups in total. The van der Waals surface area contributed by atoms with Gasteiger partial charge < -0.3 is 9.47 Å². The average molecular weight is 274 g/mol. The third kappa shape index (κ3) is 3.81. The fourth-order valence-electron chi connectivity index (χ4n) is 1.60. The second kappa shape index (κ2) is 7.28. The number of aromatic nitrogens is 3. The maximum atomic E-state index is 5.68. The number of methoxy groups -OCH3 is 1. The molecule has 20 heavy (non-hydrogen) atoms. The summed E-state index contributed by atoms with van der Waals surface area (Å²) in [4.78, 5) is 0. The highest BCUT2D eigenvalue weighted by atomic mass is 16.5. The van der Waals surface area contributed by atoms with Crippen molar-refractivity contribution < 1.29 is 9.47 Å². The van der Waals surface area contributed by atoms with Crippen molar-refractivity contribution in [3.8, 4) is 11.5 Å². The molecule has 0 aliphatic rings. The summed E-state index contributed by atoms with van der Waals surface area (Å²) in [6, 6.07) is 5.70. The number of rotatable bonds is 7. The van der Waals surface area contributed by atoms with Crippen LogP contribution in [0.1, 0.15) is 25.3 Å². The maximum absolute atomic E-state index is 5.68. The Hall–Kier alpha value is -2.37. The quantitative estimate of drug-likeness (QED) is 0.574. The minimum Gasteiger partial charge on any atom is -0.493 e. The third-order valence-corrected chi connectivity index (χ3v) is 2.69. The minimum atomic E-state index is 0.695. The van der Waals surface area contributed by atoms with Gasteiger partial charge in [0, 0.05) is 0 Å². The molecule has 1 heterocycles. The van der Waals surface area contributed by atoms with E-state index in [1.54, 1.807) is 13.3 Å². The van der Waals surface area contributed by atoms with Crippen LogP contribution >= 0.6 is 0 Å². The highest BCUT2D eigenvalue weighted by molar-refractivity contribution is 5.80. The molecule has 1 aromatic carbocycles. The number of hydrogen-bond donors (Lipinski definition) is 0. The van der Waals surface area contributed by atoms with E-state index in [1.807, 2.05) is 18.2 Å². The van der Waals surface area contributed by atoms with Crippen LogP contribution < -0.4 is 9.47 Å². The Morgan fingerprint density at radius 2 is 2.05 bits per heavy atom. The van der Waals surface area contributed by atoms with Gasteiger partial charge in [0.2, 0.25) is 0 Å². The molecule has 6 heteroatoms. The first-order valence-corrected chi connectivity index (χ1v) is 6.53. The lowest BCUT2D eigenvalue weighted by Crippen LogP contribution is -1.99. The van der Waals surface area contributed by atoms with Gasteiger partial charge in [0.1, 0.15) is 12.7 Å². The molecule has 2 rings (SSSR count). The van der Waals surface area contributed by atoms with Crippen molar-refractivity contribution in [3.63, 3.8) is 0 Å². The lowest BCUT2D eigenvalue weighted by Gasteiger charge is -2.10. The van der Waals surface area contributed by atoms with Crippen LogP contribution in [-0.2, 0) is 0 Å². The molecule has 106 valence electrons. The number of nitrogens with zero attached hydrogens (tertiary/aromatic N) is 4. The Kier molecular flexibility index (Phi) is 5.11. The molecule has 0 fully saturated rings. The highest BCUT2D eigenvalue weighted by Crippen LogP contribution is 2.27. The van der Waals surface area contributed by atoms with E-state index in [9.17, 15) is 0 Å². The summed E-state index contributed by atoms with van der Waals surface area (Å²) in [6.07, 6.45) is 6.89. The summed E-state index contributed by atoms with van der Waals surface area (Å²) in [6.45, 7) is 2.83. The first-order valence-electron chi connectivity index (χ1n) is 6.53. The summed E-state index contributed by atoms with van der Waals surface area (Å²) < 4.78 is 12.5. The van der Waals surface area contributed by atoms with Crippen molar-refractivity contribution in [3.05, 3.63) is 36.4 Å². The van der Waals surface area contributed by atoms with E-state index in [-0.39, 0.29) is 0 Å². The monoisotopic (exact) mass is 274 g/mol. The molecule has 0 saturated carbocycles. The Bertz CT molecular complexity index is 552. The molecule has 6 nitrogen and oxygen atoms in total. The van der Waals surface area contributed by atoms with E-state index in [1.165, 1.54) is 17.3 Å². The van der Waals surface area contributed by atoms with Gasteiger partial charge in [0.25, 0.3) is 0 Å². The Labute approximate surface area is 118 Å². The average Bonchev–Trinajstić information content (AvgIpc) is 2.99. The van der Waals surface area contributed by atoms with Gasteiger partial charge in [-0.1, -0.05) is 13.3 Å². The molecule has 2 aromatic rings. The van der Waals surface area contributed by atoms with E-state index >= 15 is 0 Å². The number of hydrogen-bond acceptors (Lipinski definition) is 5. The second-order valence-electron chi connectivity index (χ2n) is 4.20. The molecule has 0 spiro atoms. The molecule has 0 atom stereocenters. The van der Waals surface area contributed by atoms with E-state index < -0.39 is 0 Å². The van der Waals surface area contributed by atoms with Crippen LogP contribution in [0.15, 0.2) is 36.0 Å². The van der Waals surface area contributed by atoms with Gasteiger partial charge in [-0.05, 0) is 30.2 Å². The molecule has 0 aliphatic carbocycles. The smallest absolute Gasteiger partial charge is 0.161 e. The van der Waals surface area contributed by atoms with Crippen LogP contribution in [-0.4, -0.2) is 34.8 Å². The van der Waals surface area contributed by atoms with E-state index in [0.717, 1.165) is 24.2 Å². The van der Waals surface area contributed by atoms with Crippen LogP contribution in [0.4, 0.5) is 0 Å². The Morgan fingerprint density at radius 1 is 1.25 bits per heavy atom. The zero-order chi connectivity index (χ0) is 14.2. The van der Waals surface area contributed by atoms with Gasteiger partial charge in [-0.25, -0.2) is 4.68 Å². The summed E-state index contributed by atoms with van der Waals surface area (Å²) >= 11 is 0. The summed E-state index contributed by atoms with van der Waals surface area (Å²) in [5.74, 6) is 1.45. The standard InChI is InChI=1S/C14H18N4O2/c1-3-4-7-20-13-6-5-12(8-14(13)19-2)9-17-18-10-15-16-11-18/h5-6,8-11H,3-4,7H2,1-2H3/b17-9+. The largest absolute Gasteiger partial charge is 0.493 e. The normalized spacial score (nSPS) is 10.9. The molecule has 0 amide bonds. The van der Waals surface area contributed by atoms with Crippen LogP contribution in [0.2, 0.25) is 0 Å². The topological polar surface area (TPSA) is 61.5 Å². The van der Waals surface area contributed by atoms with E-state index in [4.69, 9.17) is 9.47 Å². The van der Waals surface area contributed by atoms with Crippen molar-refractivity contribution in [2.45, 2.75) is 19.8 Å². The van der Waals surface area contributed by atoms with Gasteiger partial charge in [-0.15, -0.1) is 10.2 Å². The van der Waals surface area contributed by atoms with Gasteiger partial charge in [0.15, 0.2) is 11.5 Å². The lowest BCUT2D eigenvalue weighted by atomic mass is 10.2. The fourth-order valence-corrected chi connectivity index (χ4v) is 1.60. The van der Waals surface area contributed by atoms with E-state index in [2.05, 4.69) is 22.2 Å². The molecule has 1 aromatic heterocycles. The van der Waals surface area contributed by atoms with Crippen molar-refractivity contribution in [2.24, 2.45) is 5.10 Å². The molecule has 0 aliphatic heterocycles. The summed E-state index contributed by atoms with van der Waals surface area (Å²) in [7, 11) is 1.63. The zero-order valence-corrected chi connectivity index (χ0v) is 11.7. The van der Waals surface area contributed by atoms with Crippen LogP contribution in [0, 0.1) is 0 Å². The first-order chi connectivity index (χ1) is 9.83.